The first-order valence-corrected chi connectivity index (χ1v) is 12.9. The lowest BCUT2D eigenvalue weighted by Gasteiger charge is -2.40. The lowest BCUT2D eigenvalue weighted by Crippen LogP contribution is -2.48. The zero-order chi connectivity index (χ0) is 25.8. The number of carbonyl (C=O) groups excluding carboxylic acids is 2. The number of anilines is 1. The normalized spacial score (nSPS) is 25.4. The molecule has 3 aliphatic rings. The highest BCUT2D eigenvalue weighted by Gasteiger charge is 2.46. The summed E-state index contributed by atoms with van der Waals surface area (Å²) in [6, 6.07) is 13.2. The number of rotatable bonds is 8. The number of para-hydroxylation sites is 1. The molecule has 9 nitrogen and oxygen atoms in total. The molecule has 2 aromatic carbocycles. The molecular weight excluding hydrogens is 476 g/mol. The van der Waals surface area contributed by atoms with Crippen LogP contribution in [0.15, 0.2) is 42.5 Å². The number of methoxy groups -OCH3 is 1. The van der Waals surface area contributed by atoms with Crippen LogP contribution in [-0.2, 0) is 25.6 Å². The van der Waals surface area contributed by atoms with Crippen molar-refractivity contribution in [3.05, 3.63) is 53.6 Å². The second kappa shape index (κ2) is 11.5. The summed E-state index contributed by atoms with van der Waals surface area (Å²) in [5.41, 5.74) is 2.48. The van der Waals surface area contributed by atoms with Crippen molar-refractivity contribution in [2.24, 2.45) is 5.92 Å². The van der Waals surface area contributed by atoms with Crippen LogP contribution in [0.1, 0.15) is 42.7 Å². The van der Waals surface area contributed by atoms with E-state index in [-0.39, 0.29) is 36.9 Å². The predicted octanol–water partition coefficient (Wildman–Crippen LogP) is 2.76. The van der Waals surface area contributed by atoms with Crippen molar-refractivity contribution in [3.63, 3.8) is 0 Å². The molecule has 3 aliphatic heterocycles. The Balaban J connectivity index is 1.32. The Hall–Kier alpha value is -3.14. The highest BCUT2D eigenvalue weighted by atomic mass is 16.5. The molecule has 0 aliphatic carbocycles. The first-order valence-electron chi connectivity index (χ1n) is 12.9. The van der Waals surface area contributed by atoms with Crippen molar-refractivity contribution in [2.75, 3.05) is 32.2 Å². The van der Waals surface area contributed by atoms with Crippen LogP contribution in [0.2, 0.25) is 0 Å². The number of carbonyl (C=O) groups is 2. The zero-order valence-corrected chi connectivity index (χ0v) is 21.0. The highest BCUT2D eigenvalue weighted by Crippen LogP contribution is 2.46. The Labute approximate surface area is 216 Å². The number of hydrogen-bond acceptors (Lipinski definition) is 7. The summed E-state index contributed by atoms with van der Waals surface area (Å²) < 4.78 is 23.3. The zero-order valence-electron chi connectivity index (χ0n) is 21.0. The Morgan fingerprint density at radius 2 is 1.97 bits per heavy atom. The average molecular weight is 511 g/mol. The number of nitrogens with one attached hydrogen (secondary N) is 2. The Kier molecular flexibility index (Phi) is 7.93. The molecule has 2 fully saturated rings. The van der Waals surface area contributed by atoms with Crippen LogP contribution in [0.25, 0.3) is 0 Å². The van der Waals surface area contributed by atoms with E-state index in [4.69, 9.17) is 18.9 Å². The Morgan fingerprint density at radius 1 is 1.16 bits per heavy atom. The minimum absolute atomic E-state index is 0.0474. The molecular formula is C28H34N2O7. The summed E-state index contributed by atoms with van der Waals surface area (Å²) in [5.74, 6) is 0.240. The minimum atomic E-state index is -0.726. The van der Waals surface area contributed by atoms with Gasteiger partial charge in [0.05, 0.1) is 51.5 Å². The largest absolute Gasteiger partial charge is 0.496 e. The van der Waals surface area contributed by atoms with Crippen LogP contribution in [0, 0.1) is 5.92 Å². The lowest BCUT2D eigenvalue weighted by molar-refractivity contribution is -0.148. The van der Waals surface area contributed by atoms with E-state index in [1.807, 2.05) is 42.5 Å². The molecule has 0 radical (unpaired) electrons. The fourth-order valence-corrected chi connectivity index (χ4v) is 5.58. The molecule has 37 heavy (non-hydrogen) atoms. The van der Waals surface area contributed by atoms with E-state index < -0.39 is 18.1 Å². The number of amides is 2. The van der Waals surface area contributed by atoms with Crippen LogP contribution in [0.5, 0.6) is 11.5 Å². The number of aliphatic hydroxyl groups is 1. The maximum Gasteiger partial charge on any atom is 0.230 e. The van der Waals surface area contributed by atoms with E-state index >= 15 is 0 Å². The van der Waals surface area contributed by atoms with Crippen LogP contribution in [0.3, 0.4) is 0 Å². The third-order valence-corrected chi connectivity index (χ3v) is 7.42. The topological polar surface area (TPSA) is 115 Å². The van der Waals surface area contributed by atoms with Gasteiger partial charge in [-0.15, -0.1) is 0 Å². The molecule has 0 aromatic heterocycles. The van der Waals surface area contributed by atoms with Gasteiger partial charge in [0.2, 0.25) is 11.8 Å². The third kappa shape index (κ3) is 5.74. The molecule has 198 valence electrons. The van der Waals surface area contributed by atoms with Crippen LogP contribution in [-0.4, -0.2) is 62.2 Å². The molecule has 2 bridgehead atoms. The molecule has 3 heterocycles. The first-order chi connectivity index (χ1) is 18.1. The molecule has 2 amide bonds. The first kappa shape index (κ1) is 25.5. The summed E-state index contributed by atoms with van der Waals surface area (Å²) in [4.78, 5) is 26.0. The fraction of sp³-hybridized carbons (Fsp3) is 0.500. The molecule has 0 saturated carbocycles. The van der Waals surface area contributed by atoms with Gasteiger partial charge >= 0.3 is 0 Å². The number of benzene rings is 2. The van der Waals surface area contributed by atoms with Crippen molar-refractivity contribution in [1.82, 2.24) is 5.32 Å². The van der Waals surface area contributed by atoms with E-state index in [0.29, 0.717) is 37.6 Å². The van der Waals surface area contributed by atoms with Crippen molar-refractivity contribution in [2.45, 2.75) is 56.5 Å². The minimum Gasteiger partial charge on any atom is -0.496 e. The predicted molar refractivity (Wildman–Crippen MR) is 136 cm³/mol. The van der Waals surface area contributed by atoms with Gasteiger partial charge in [0.25, 0.3) is 0 Å². The SMILES string of the molecule is COc1ccccc1CNC(=O)C[C@@H]1C[C@H]2c3cc(ccc3OC3CCOCC3)NC(=O)[C@H]2[C@H](CO)O1. The Morgan fingerprint density at radius 3 is 2.76 bits per heavy atom. The van der Waals surface area contributed by atoms with Gasteiger partial charge in [0, 0.05) is 42.1 Å². The van der Waals surface area contributed by atoms with Gasteiger partial charge < -0.3 is 34.7 Å². The lowest BCUT2D eigenvalue weighted by atomic mass is 9.76. The van der Waals surface area contributed by atoms with Crippen molar-refractivity contribution in [3.8, 4) is 11.5 Å². The van der Waals surface area contributed by atoms with Crippen molar-refractivity contribution >= 4 is 17.5 Å². The number of aliphatic hydroxyl groups excluding tert-OH is 1. The molecule has 2 saturated heterocycles. The van der Waals surface area contributed by atoms with Gasteiger partial charge in [-0.25, -0.2) is 0 Å². The second-order valence-corrected chi connectivity index (χ2v) is 9.81. The summed E-state index contributed by atoms with van der Waals surface area (Å²) in [7, 11) is 1.60. The van der Waals surface area contributed by atoms with Crippen molar-refractivity contribution < 1.29 is 33.6 Å². The van der Waals surface area contributed by atoms with Gasteiger partial charge in [0.1, 0.15) is 17.6 Å². The van der Waals surface area contributed by atoms with Crippen LogP contribution >= 0.6 is 0 Å². The summed E-state index contributed by atoms with van der Waals surface area (Å²) in [6.45, 7) is 1.34. The third-order valence-electron chi connectivity index (χ3n) is 7.42. The van der Waals surface area contributed by atoms with Gasteiger partial charge in [0.15, 0.2) is 0 Å². The van der Waals surface area contributed by atoms with Gasteiger partial charge in [-0.3, -0.25) is 9.59 Å². The monoisotopic (exact) mass is 510 g/mol. The number of fused-ring (bicyclic) bond motifs is 4. The molecule has 2 aromatic rings. The second-order valence-electron chi connectivity index (χ2n) is 9.81. The molecule has 9 heteroatoms. The van der Waals surface area contributed by atoms with E-state index in [2.05, 4.69) is 10.6 Å². The fourth-order valence-electron chi connectivity index (χ4n) is 5.58. The van der Waals surface area contributed by atoms with E-state index in [0.717, 1.165) is 29.7 Å². The van der Waals surface area contributed by atoms with Gasteiger partial charge in [-0.05, 0) is 30.7 Å². The van der Waals surface area contributed by atoms with Crippen molar-refractivity contribution in [1.29, 1.82) is 0 Å². The maximum atomic E-state index is 13.2. The van der Waals surface area contributed by atoms with Gasteiger partial charge in [-0.1, -0.05) is 18.2 Å². The number of hydrogen-bond donors (Lipinski definition) is 3. The maximum absolute atomic E-state index is 13.2. The quantitative estimate of drug-likeness (QED) is 0.500. The highest BCUT2D eigenvalue weighted by molar-refractivity contribution is 5.95. The molecule has 0 spiro atoms. The standard InChI is InChI=1S/C28H34N2O7/c1-34-23-5-3-2-4-17(23)15-29-26(32)14-20-13-22-21-12-18(30-28(33)27(22)25(16-31)37-20)6-7-24(21)36-19-8-10-35-11-9-19/h2-7,12,19-20,22,25,27,31H,8-11,13-16H2,1H3,(H,29,32)(H,30,33)/t20-,22-,25-,27+/m0/s1. The van der Waals surface area contributed by atoms with Gasteiger partial charge in [-0.2, -0.15) is 0 Å². The van der Waals surface area contributed by atoms with E-state index in [1.54, 1.807) is 7.11 Å². The summed E-state index contributed by atoms with van der Waals surface area (Å²) in [5, 5.41) is 16.0. The molecule has 0 unspecified atom stereocenters. The Bertz CT molecular complexity index is 1120. The molecule has 5 rings (SSSR count). The smallest absolute Gasteiger partial charge is 0.230 e. The van der Waals surface area contributed by atoms with Crippen LogP contribution < -0.4 is 20.1 Å². The number of ether oxygens (including phenoxy) is 4. The van der Waals surface area contributed by atoms with E-state index in [1.165, 1.54) is 0 Å². The molecule has 3 N–H and O–H groups in total. The average Bonchev–Trinajstić information content (AvgIpc) is 3.03. The molecule has 4 atom stereocenters. The summed E-state index contributed by atoms with van der Waals surface area (Å²) in [6.07, 6.45) is 1.06. The summed E-state index contributed by atoms with van der Waals surface area (Å²) >= 11 is 0. The van der Waals surface area contributed by atoms with Crippen LogP contribution in [0.4, 0.5) is 5.69 Å². The van der Waals surface area contributed by atoms with E-state index in [9.17, 15) is 14.7 Å².